The molecular formula is C26H20BrClN2O4S2. The zero-order chi connectivity index (χ0) is 25.7. The van der Waals surface area contributed by atoms with E-state index in [1.54, 1.807) is 48.5 Å². The van der Waals surface area contributed by atoms with Crippen LogP contribution in [0.5, 0.6) is 11.5 Å². The van der Waals surface area contributed by atoms with Gasteiger partial charge in [0, 0.05) is 16.1 Å². The third kappa shape index (κ3) is 6.10. The Morgan fingerprint density at radius 3 is 2.58 bits per heavy atom. The molecule has 1 aliphatic heterocycles. The lowest BCUT2D eigenvalue weighted by Gasteiger charge is -2.16. The van der Waals surface area contributed by atoms with Gasteiger partial charge in [-0.15, -0.1) is 0 Å². The fourth-order valence-electron chi connectivity index (χ4n) is 3.31. The normalized spacial score (nSPS) is 14.3. The molecule has 1 N–H and O–H groups in total. The standard InChI is InChI=1S/C26H20BrClN2O4S2/c1-2-33-21-13-16(12-19(27)23(21)34-15-18-10-6-7-11-20(18)28)14-22-25(32)30(26(35)36-22)29-24(31)17-8-4-3-5-9-17/h3-14H,2,15H2,1H3,(H,29,31). The molecule has 0 radical (unpaired) electrons. The monoisotopic (exact) mass is 602 g/mol. The van der Waals surface area contributed by atoms with Crippen LogP contribution in [0.3, 0.4) is 0 Å². The van der Waals surface area contributed by atoms with Crippen LogP contribution in [0.15, 0.2) is 76.1 Å². The summed E-state index contributed by atoms with van der Waals surface area (Å²) in [6.07, 6.45) is 1.69. The maximum atomic E-state index is 13.0. The van der Waals surface area contributed by atoms with Gasteiger partial charge in [0.15, 0.2) is 15.8 Å². The van der Waals surface area contributed by atoms with Crippen molar-refractivity contribution in [2.24, 2.45) is 0 Å². The highest BCUT2D eigenvalue weighted by Gasteiger charge is 2.34. The molecule has 0 aromatic heterocycles. The summed E-state index contributed by atoms with van der Waals surface area (Å²) < 4.78 is 12.7. The first kappa shape index (κ1) is 26.2. The molecule has 6 nitrogen and oxygen atoms in total. The molecule has 0 unspecified atom stereocenters. The summed E-state index contributed by atoms with van der Waals surface area (Å²) in [5.74, 6) is 0.201. The molecule has 0 atom stereocenters. The molecular weight excluding hydrogens is 584 g/mol. The van der Waals surface area contributed by atoms with Crippen molar-refractivity contribution >= 4 is 73.7 Å². The number of nitrogens with one attached hydrogen (secondary N) is 1. The van der Waals surface area contributed by atoms with Crippen molar-refractivity contribution in [1.29, 1.82) is 0 Å². The molecule has 184 valence electrons. The fraction of sp³-hybridized carbons (Fsp3) is 0.115. The number of carbonyl (C=O) groups is 2. The van der Waals surface area contributed by atoms with E-state index in [1.807, 2.05) is 31.2 Å². The summed E-state index contributed by atoms with van der Waals surface area (Å²) >= 11 is 16.2. The quantitative estimate of drug-likeness (QED) is 0.230. The number of hydrazine groups is 1. The van der Waals surface area contributed by atoms with Crippen LogP contribution >= 0.6 is 51.5 Å². The summed E-state index contributed by atoms with van der Waals surface area (Å²) in [4.78, 5) is 25.9. The van der Waals surface area contributed by atoms with Crippen LogP contribution in [0.2, 0.25) is 5.02 Å². The van der Waals surface area contributed by atoms with Crippen LogP contribution in [0.1, 0.15) is 28.4 Å². The van der Waals surface area contributed by atoms with Gasteiger partial charge in [-0.25, -0.2) is 0 Å². The van der Waals surface area contributed by atoms with Crippen LogP contribution in [-0.2, 0) is 11.4 Å². The van der Waals surface area contributed by atoms with E-state index in [-0.39, 0.29) is 10.9 Å². The summed E-state index contributed by atoms with van der Waals surface area (Å²) in [6.45, 7) is 2.56. The van der Waals surface area contributed by atoms with Crippen LogP contribution in [0.4, 0.5) is 0 Å². The lowest BCUT2D eigenvalue weighted by molar-refractivity contribution is -0.123. The Morgan fingerprint density at radius 1 is 1.14 bits per heavy atom. The molecule has 1 fully saturated rings. The molecule has 4 rings (SSSR count). The number of thiocarbonyl (C=S) groups is 1. The predicted molar refractivity (Wildman–Crippen MR) is 150 cm³/mol. The molecule has 3 aromatic carbocycles. The minimum atomic E-state index is -0.422. The first-order valence-corrected chi connectivity index (χ1v) is 13.2. The van der Waals surface area contributed by atoms with Crippen molar-refractivity contribution in [2.75, 3.05) is 6.61 Å². The van der Waals surface area contributed by atoms with Crippen molar-refractivity contribution in [2.45, 2.75) is 13.5 Å². The van der Waals surface area contributed by atoms with Gasteiger partial charge in [-0.3, -0.25) is 15.0 Å². The summed E-state index contributed by atoms with van der Waals surface area (Å²) in [5, 5.41) is 1.70. The van der Waals surface area contributed by atoms with Crippen LogP contribution in [0.25, 0.3) is 6.08 Å². The van der Waals surface area contributed by atoms with E-state index in [2.05, 4.69) is 21.4 Å². The summed E-state index contributed by atoms with van der Waals surface area (Å²) in [5.41, 5.74) is 4.55. The number of benzene rings is 3. The third-order valence-corrected chi connectivity index (χ3v) is 7.26. The van der Waals surface area contributed by atoms with E-state index >= 15 is 0 Å². The van der Waals surface area contributed by atoms with E-state index in [9.17, 15) is 9.59 Å². The van der Waals surface area contributed by atoms with Crippen molar-refractivity contribution in [3.8, 4) is 11.5 Å². The molecule has 10 heteroatoms. The molecule has 2 amide bonds. The minimum absolute atomic E-state index is 0.235. The lowest BCUT2D eigenvalue weighted by Crippen LogP contribution is -2.44. The number of rotatable bonds is 8. The van der Waals surface area contributed by atoms with Crippen LogP contribution < -0.4 is 14.9 Å². The van der Waals surface area contributed by atoms with Gasteiger partial charge in [0.25, 0.3) is 11.8 Å². The van der Waals surface area contributed by atoms with Gasteiger partial charge < -0.3 is 9.47 Å². The first-order valence-electron chi connectivity index (χ1n) is 10.8. The van der Waals surface area contributed by atoms with Gasteiger partial charge in [0.2, 0.25) is 0 Å². The highest BCUT2D eigenvalue weighted by Crippen LogP contribution is 2.40. The second-order valence-corrected chi connectivity index (χ2v) is 10.4. The number of hydrogen-bond acceptors (Lipinski definition) is 6. The van der Waals surface area contributed by atoms with Crippen LogP contribution in [0, 0.1) is 0 Å². The second-order valence-electron chi connectivity index (χ2n) is 7.47. The van der Waals surface area contributed by atoms with E-state index in [4.69, 9.17) is 33.3 Å². The van der Waals surface area contributed by atoms with E-state index in [0.29, 0.717) is 43.6 Å². The highest BCUT2D eigenvalue weighted by molar-refractivity contribution is 9.10. The zero-order valence-corrected chi connectivity index (χ0v) is 23.0. The number of halogens is 2. The Balaban J connectivity index is 1.54. The van der Waals surface area contributed by atoms with Crippen LogP contribution in [-0.4, -0.2) is 27.8 Å². The van der Waals surface area contributed by atoms with Gasteiger partial charge in [-0.2, -0.15) is 5.01 Å². The summed E-state index contributed by atoms with van der Waals surface area (Å²) in [6, 6.07) is 19.7. The minimum Gasteiger partial charge on any atom is -0.490 e. The molecule has 1 aliphatic rings. The number of amides is 2. The number of carbonyl (C=O) groups excluding carboxylic acids is 2. The number of hydrogen-bond donors (Lipinski definition) is 1. The Morgan fingerprint density at radius 2 is 1.86 bits per heavy atom. The van der Waals surface area contributed by atoms with Gasteiger partial charge >= 0.3 is 0 Å². The molecule has 1 saturated heterocycles. The maximum Gasteiger partial charge on any atom is 0.285 e. The van der Waals surface area contributed by atoms with Gasteiger partial charge in [-0.1, -0.05) is 59.8 Å². The number of ether oxygens (including phenoxy) is 2. The van der Waals surface area contributed by atoms with Crippen molar-refractivity contribution in [3.63, 3.8) is 0 Å². The molecule has 1 heterocycles. The molecule has 0 bridgehead atoms. The van der Waals surface area contributed by atoms with E-state index in [1.165, 1.54) is 0 Å². The number of nitrogens with zero attached hydrogens (tertiary/aromatic N) is 1. The van der Waals surface area contributed by atoms with Gasteiger partial charge in [0.1, 0.15) is 6.61 Å². The second kappa shape index (κ2) is 11.9. The molecule has 0 aliphatic carbocycles. The van der Waals surface area contributed by atoms with Crippen molar-refractivity contribution in [1.82, 2.24) is 10.4 Å². The van der Waals surface area contributed by atoms with Crippen molar-refractivity contribution in [3.05, 3.63) is 97.8 Å². The SMILES string of the molecule is CCOc1cc(C=C2SC(=S)N(NC(=O)c3ccccc3)C2=O)cc(Br)c1OCc1ccccc1Cl. The molecule has 3 aromatic rings. The summed E-state index contributed by atoms with van der Waals surface area (Å²) in [7, 11) is 0. The Kier molecular flexibility index (Phi) is 8.68. The molecule has 36 heavy (non-hydrogen) atoms. The lowest BCUT2D eigenvalue weighted by atomic mass is 10.1. The zero-order valence-electron chi connectivity index (χ0n) is 19.0. The fourth-order valence-corrected chi connectivity index (χ4v) is 5.25. The van der Waals surface area contributed by atoms with Crippen molar-refractivity contribution < 1.29 is 19.1 Å². The average molecular weight is 604 g/mol. The molecule has 0 saturated carbocycles. The Hall–Kier alpha value is -2.85. The first-order chi connectivity index (χ1) is 17.4. The Bertz CT molecular complexity index is 1350. The smallest absolute Gasteiger partial charge is 0.285 e. The largest absolute Gasteiger partial charge is 0.490 e. The topological polar surface area (TPSA) is 67.9 Å². The maximum absolute atomic E-state index is 13.0. The highest BCUT2D eigenvalue weighted by atomic mass is 79.9. The van der Waals surface area contributed by atoms with E-state index in [0.717, 1.165) is 22.3 Å². The van der Waals surface area contributed by atoms with E-state index < -0.39 is 11.8 Å². The van der Waals surface area contributed by atoms with Gasteiger partial charge in [-0.05, 0) is 77.0 Å². The third-order valence-electron chi connectivity index (χ3n) is 5.00. The van der Waals surface area contributed by atoms with Gasteiger partial charge in [0.05, 0.1) is 16.0 Å². The predicted octanol–water partition coefficient (Wildman–Crippen LogP) is 6.63. The Labute approximate surface area is 231 Å². The number of thioether (sulfide) groups is 1. The molecule has 0 spiro atoms. The average Bonchev–Trinajstić information content (AvgIpc) is 3.12.